The van der Waals surface area contributed by atoms with Crippen molar-refractivity contribution in [3.63, 3.8) is 0 Å². The summed E-state index contributed by atoms with van der Waals surface area (Å²) in [5.74, 6) is -0.382. The summed E-state index contributed by atoms with van der Waals surface area (Å²) in [6.45, 7) is 1.95. The minimum atomic E-state index is -3.73. The Morgan fingerprint density at radius 3 is 2.48 bits per heavy atom. The first kappa shape index (κ1) is 17.5. The van der Waals surface area contributed by atoms with Crippen molar-refractivity contribution in [2.75, 3.05) is 19.5 Å². The number of carbonyl (C=O) groups excluding carboxylic acids is 1. The van der Waals surface area contributed by atoms with Crippen molar-refractivity contribution >= 4 is 32.4 Å². The van der Waals surface area contributed by atoms with Crippen LogP contribution in [0, 0.1) is 0 Å². The van der Waals surface area contributed by atoms with Gasteiger partial charge >= 0.3 is 0 Å². The lowest BCUT2D eigenvalue weighted by Crippen LogP contribution is -2.25. The second-order valence-electron chi connectivity index (χ2n) is 4.43. The Balaban J connectivity index is 2.14. The van der Waals surface area contributed by atoms with Gasteiger partial charge in [-0.15, -0.1) is 10.2 Å². The van der Waals surface area contributed by atoms with Crippen molar-refractivity contribution in [3.8, 4) is 0 Å². The van der Waals surface area contributed by atoms with E-state index < -0.39 is 10.0 Å². The van der Waals surface area contributed by atoms with Crippen LogP contribution in [0.2, 0.25) is 0 Å². The first-order valence-corrected chi connectivity index (χ1v) is 8.91. The van der Waals surface area contributed by atoms with Crippen LogP contribution in [-0.4, -0.2) is 43.1 Å². The van der Waals surface area contributed by atoms with E-state index in [0.29, 0.717) is 10.7 Å². The molecular formula is C13H16N4O4S2. The highest BCUT2D eigenvalue weighted by Crippen LogP contribution is 2.18. The van der Waals surface area contributed by atoms with Crippen LogP contribution < -0.4 is 5.32 Å². The normalized spacial score (nSPS) is 11.7. The van der Waals surface area contributed by atoms with Gasteiger partial charge in [-0.3, -0.25) is 14.9 Å². The maximum Gasteiger partial charge on any atom is 0.264 e. The van der Waals surface area contributed by atoms with Gasteiger partial charge in [0.25, 0.3) is 15.9 Å². The van der Waals surface area contributed by atoms with Gasteiger partial charge in [0.15, 0.2) is 0 Å². The average Bonchev–Trinajstić information content (AvgIpc) is 3.01. The van der Waals surface area contributed by atoms with Crippen molar-refractivity contribution in [1.29, 1.82) is 0 Å². The van der Waals surface area contributed by atoms with Gasteiger partial charge in [0.2, 0.25) is 5.13 Å². The maximum atomic E-state index is 12.1. The molecule has 0 unspecified atom stereocenters. The number of aryl methyl sites for hydroxylation is 1. The molecule has 1 amide bonds. The van der Waals surface area contributed by atoms with E-state index in [-0.39, 0.29) is 10.8 Å². The number of anilines is 1. The molecule has 0 fully saturated rings. The van der Waals surface area contributed by atoms with Gasteiger partial charge in [-0.2, -0.15) is 0 Å². The number of hydrogen-bond acceptors (Lipinski definition) is 7. The van der Waals surface area contributed by atoms with E-state index in [0.717, 1.165) is 15.9 Å². The molecule has 2 rings (SSSR count). The van der Waals surface area contributed by atoms with Crippen molar-refractivity contribution in [1.82, 2.24) is 14.7 Å². The zero-order valence-electron chi connectivity index (χ0n) is 12.8. The van der Waals surface area contributed by atoms with Crippen molar-refractivity contribution in [2.45, 2.75) is 18.2 Å². The molecule has 1 N–H and O–H groups in total. The number of nitrogens with zero attached hydrogens (tertiary/aromatic N) is 3. The minimum Gasteiger partial charge on any atom is -0.296 e. The number of aromatic nitrogens is 2. The first-order chi connectivity index (χ1) is 10.9. The molecule has 0 aliphatic carbocycles. The number of benzene rings is 1. The molecule has 0 spiro atoms. The molecule has 1 aromatic carbocycles. The van der Waals surface area contributed by atoms with Crippen LogP contribution in [-0.2, 0) is 21.3 Å². The van der Waals surface area contributed by atoms with Gasteiger partial charge in [0.05, 0.1) is 12.0 Å². The molecule has 124 valence electrons. The van der Waals surface area contributed by atoms with E-state index in [2.05, 4.69) is 15.5 Å². The summed E-state index contributed by atoms with van der Waals surface area (Å²) >= 11 is 1.30. The standard InChI is InChI=1S/C13H16N4O4S2/c1-4-11-15-16-13(22-11)14-12(18)9-5-7-10(8-6-9)23(19,20)17(2)21-3/h5-8H,4H2,1-3H3,(H,14,16,18). The van der Waals surface area contributed by atoms with E-state index in [1.165, 1.54) is 49.8 Å². The van der Waals surface area contributed by atoms with Crippen molar-refractivity contribution < 1.29 is 18.0 Å². The van der Waals surface area contributed by atoms with E-state index >= 15 is 0 Å². The molecular weight excluding hydrogens is 340 g/mol. The highest BCUT2D eigenvalue weighted by Gasteiger charge is 2.21. The van der Waals surface area contributed by atoms with Gasteiger partial charge < -0.3 is 0 Å². The summed E-state index contributed by atoms with van der Waals surface area (Å²) in [5, 5.41) is 11.6. The highest BCUT2D eigenvalue weighted by molar-refractivity contribution is 7.89. The second-order valence-corrected chi connectivity index (χ2v) is 7.43. The molecule has 0 saturated heterocycles. The molecule has 0 aliphatic heterocycles. The van der Waals surface area contributed by atoms with Crippen LogP contribution in [0.15, 0.2) is 29.2 Å². The molecule has 10 heteroatoms. The minimum absolute atomic E-state index is 0.0302. The summed E-state index contributed by atoms with van der Waals surface area (Å²) in [6.07, 6.45) is 0.743. The van der Waals surface area contributed by atoms with Gasteiger partial charge in [0, 0.05) is 12.6 Å². The molecule has 1 aromatic heterocycles. The highest BCUT2D eigenvalue weighted by atomic mass is 32.2. The fraction of sp³-hybridized carbons (Fsp3) is 0.308. The number of sulfonamides is 1. The number of rotatable bonds is 6. The van der Waals surface area contributed by atoms with Crippen LogP contribution >= 0.6 is 11.3 Å². The molecule has 0 atom stereocenters. The summed E-state index contributed by atoms with van der Waals surface area (Å²) < 4.78 is 24.9. The first-order valence-electron chi connectivity index (χ1n) is 6.65. The summed E-state index contributed by atoms with van der Waals surface area (Å²) in [6, 6.07) is 5.54. The van der Waals surface area contributed by atoms with E-state index in [1.54, 1.807) is 0 Å². The lowest BCUT2D eigenvalue weighted by atomic mass is 10.2. The van der Waals surface area contributed by atoms with E-state index in [4.69, 9.17) is 4.84 Å². The molecule has 0 bridgehead atoms. The fourth-order valence-electron chi connectivity index (χ4n) is 1.64. The Morgan fingerprint density at radius 2 is 1.96 bits per heavy atom. The number of hydrogen-bond donors (Lipinski definition) is 1. The Bertz CT molecular complexity index is 787. The summed E-state index contributed by atoms with van der Waals surface area (Å²) in [7, 11) is -1.19. The van der Waals surface area contributed by atoms with Gasteiger partial charge in [-0.1, -0.05) is 22.7 Å². The van der Waals surface area contributed by atoms with Gasteiger partial charge in [-0.05, 0) is 30.7 Å². The van der Waals surface area contributed by atoms with E-state index in [9.17, 15) is 13.2 Å². The van der Waals surface area contributed by atoms with Gasteiger partial charge in [0.1, 0.15) is 5.01 Å². The smallest absolute Gasteiger partial charge is 0.264 e. The molecule has 2 aromatic rings. The van der Waals surface area contributed by atoms with Crippen LogP contribution in [0.1, 0.15) is 22.3 Å². The second kappa shape index (κ2) is 7.13. The Kier molecular flexibility index (Phi) is 5.42. The third kappa shape index (κ3) is 3.91. The quantitative estimate of drug-likeness (QED) is 0.788. The summed E-state index contributed by atoms with van der Waals surface area (Å²) in [5.41, 5.74) is 0.317. The topological polar surface area (TPSA) is 101 Å². The van der Waals surface area contributed by atoms with Crippen LogP contribution in [0.5, 0.6) is 0 Å². The largest absolute Gasteiger partial charge is 0.296 e. The third-order valence-electron chi connectivity index (χ3n) is 3.00. The van der Waals surface area contributed by atoms with Crippen molar-refractivity contribution in [2.24, 2.45) is 0 Å². The molecule has 8 nitrogen and oxygen atoms in total. The molecule has 0 radical (unpaired) electrons. The van der Waals surface area contributed by atoms with Crippen molar-refractivity contribution in [3.05, 3.63) is 34.8 Å². The maximum absolute atomic E-state index is 12.1. The predicted octanol–water partition coefficient (Wildman–Crippen LogP) is 1.53. The van der Waals surface area contributed by atoms with Crippen LogP contribution in [0.4, 0.5) is 5.13 Å². The zero-order valence-corrected chi connectivity index (χ0v) is 14.4. The zero-order chi connectivity index (χ0) is 17.0. The Labute approximate surface area is 138 Å². The lowest BCUT2D eigenvalue weighted by Gasteiger charge is -2.14. The lowest BCUT2D eigenvalue weighted by molar-refractivity contribution is -0.0258. The monoisotopic (exact) mass is 356 g/mol. The third-order valence-corrected chi connectivity index (χ3v) is 5.68. The molecule has 23 heavy (non-hydrogen) atoms. The Hall–Kier alpha value is -1.88. The average molecular weight is 356 g/mol. The predicted molar refractivity (Wildman–Crippen MR) is 85.6 cm³/mol. The van der Waals surface area contributed by atoms with E-state index in [1.807, 2.05) is 6.92 Å². The summed E-state index contributed by atoms with van der Waals surface area (Å²) in [4.78, 5) is 16.8. The molecule has 1 heterocycles. The molecule has 0 saturated carbocycles. The number of amides is 1. The molecule has 0 aliphatic rings. The van der Waals surface area contributed by atoms with Gasteiger partial charge in [-0.25, -0.2) is 8.42 Å². The fourth-order valence-corrected chi connectivity index (χ4v) is 3.29. The number of hydroxylamine groups is 1. The van der Waals surface area contributed by atoms with Crippen LogP contribution in [0.3, 0.4) is 0 Å². The SMILES string of the molecule is CCc1nnc(NC(=O)c2ccc(S(=O)(=O)N(C)OC)cc2)s1. The van der Waals surface area contributed by atoms with Crippen LogP contribution in [0.25, 0.3) is 0 Å². The number of nitrogens with one attached hydrogen (secondary N) is 1. The Morgan fingerprint density at radius 1 is 1.30 bits per heavy atom. The number of carbonyl (C=O) groups is 1.